The second-order valence-corrected chi connectivity index (χ2v) is 2.35. The third-order valence-electron chi connectivity index (χ3n) is 1.24. The Labute approximate surface area is 81.3 Å². The molecule has 0 heterocycles. The summed E-state index contributed by atoms with van der Waals surface area (Å²) in [5.74, 6) is 3.22. The van der Waals surface area contributed by atoms with Crippen LogP contribution in [0.25, 0.3) is 0 Å². The SMILES string of the molecule is C=COC(=O)OC(C)(C#CC)C(=O)O. The largest absolute Gasteiger partial charge is 0.515 e. The van der Waals surface area contributed by atoms with Crippen molar-refractivity contribution in [2.45, 2.75) is 19.4 Å². The van der Waals surface area contributed by atoms with Gasteiger partial charge in [-0.2, -0.15) is 0 Å². The van der Waals surface area contributed by atoms with Gasteiger partial charge in [0.25, 0.3) is 5.60 Å². The Morgan fingerprint density at radius 3 is 2.50 bits per heavy atom. The lowest BCUT2D eigenvalue weighted by molar-refractivity contribution is -0.152. The number of carbonyl (C=O) groups excluding carboxylic acids is 1. The highest BCUT2D eigenvalue weighted by atomic mass is 16.7. The second kappa shape index (κ2) is 4.92. The number of carboxylic acid groups (broad SMARTS) is 1. The molecule has 0 rings (SSSR count). The zero-order valence-corrected chi connectivity index (χ0v) is 7.86. The van der Waals surface area contributed by atoms with Gasteiger partial charge in [0.05, 0.1) is 6.26 Å². The first-order chi connectivity index (χ1) is 6.46. The monoisotopic (exact) mass is 198 g/mol. The van der Waals surface area contributed by atoms with Crippen molar-refractivity contribution in [3.63, 3.8) is 0 Å². The van der Waals surface area contributed by atoms with Gasteiger partial charge in [-0.25, -0.2) is 9.59 Å². The summed E-state index contributed by atoms with van der Waals surface area (Å²) in [4.78, 5) is 21.5. The maximum absolute atomic E-state index is 10.8. The molecule has 0 aliphatic carbocycles. The molecule has 0 saturated carbocycles. The average Bonchev–Trinajstić information content (AvgIpc) is 2.04. The Morgan fingerprint density at radius 2 is 2.14 bits per heavy atom. The van der Waals surface area contributed by atoms with Crippen LogP contribution >= 0.6 is 0 Å². The molecule has 1 N–H and O–H groups in total. The quantitative estimate of drug-likeness (QED) is 0.418. The normalized spacial score (nSPS) is 12.7. The van der Waals surface area contributed by atoms with E-state index in [-0.39, 0.29) is 0 Å². The molecule has 14 heavy (non-hydrogen) atoms. The van der Waals surface area contributed by atoms with Crippen molar-refractivity contribution in [2.24, 2.45) is 0 Å². The number of hydrogen-bond donors (Lipinski definition) is 1. The first kappa shape index (κ1) is 12.0. The predicted molar refractivity (Wildman–Crippen MR) is 47.3 cm³/mol. The first-order valence-corrected chi connectivity index (χ1v) is 3.64. The average molecular weight is 198 g/mol. The minimum Gasteiger partial charge on any atom is -0.478 e. The molecular formula is C9H10O5. The molecule has 0 spiro atoms. The van der Waals surface area contributed by atoms with Crippen LogP contribution in [0.5, 0.6) is 0 Å². The topological polar surface area (TPSA) is 72.8 Å². The molecule has 5 nitrogen and oxygen atoms in total. The van der Waals surface area contributed by atoms with E-state index in [1.807, 2.05) is 0 Å². The highest BCUT2D eigenvalue weighted by Gasteiger charge is 2.36. The van der Waals surface area contributed by atoms with Crippen LogP contribution in [0.2, 0.25) is 0 Å². The molecule has 1 atom stereocenters. The zero-order valence-electron chi connectivity index (χ0n) is 7.86. The molecule has 5 heteroatoms. The van der Waals surface area contributed by atoms with Crippen LogP contribution in [0.15, 0.2) is 12.8 Å². The van der Waals surface area contributed by atoms with Gasteiger partial charge in [0.1, 0.15) is 0 Å². The van der Waals surface area contributed by atoms with Gasteiger partial charge in [0.15, 0.2) is 0 Å². The van der Waals surface area contributed by atoms with E-state index in [9.17, 15) is 9.59 Å². The van der Waals surface area contributed by atoms with Gasteiger partial charge in [-0.3, -0.25) is 0 Å². The molecule has 0 bridgehead atoms. The van der Waals surface area contributed by atoms with Crippen molar-refractivity contribution >= 4 is 12.1 Å². The minimum absolute atomic E-state index is 0.837. The molecule has 0 radical (unpaired) electrons. The molecule has 0 aliphatic heterocycles. The number of hydrogen-bond acceptors (Lipinski definition) is 4. The molecule has 0 fully saturated rings. The van der Waals surface area contributed by atoms with Crippen molar-refractivity contribution in [2.75, 3.05) is 0 Å². The van der Waals surface area contributed by atoms with Gasteiger partial charge in [0.2, 0.25) is 0 Å². The second-order valence-electron chi connectivity index (χ2n) is 2.35. The molecule has 76 valence electrons. The van der Waals surface area contributed by atoms with Gasteiger partial charge >= 0.3 is 12.1 Å². The fourth-order valence-corrected chi connectivity index (χ4v) is 0.620. The Hall–Kier alpha value is -1.96. The lowest BCUT2D eigenvalue weighted by atomic mass is 10.1. The van der Waals surface area contributed by atoms with E-state index in [2.05, 4.69) is 27.9 Å². The molecule has 0 aliphatic rings. The molecule has 0 saturated heterocycles. The standard InChI is InChI=1S/C9H10O5/c1-4-6-9(3,7(10)11)14-8(12)13-5-2/h5H,2H2,1,3H3,(H,10,11). The maximum atomic E-state index is 10.8. The van der Waals surface area contributed by atoms with Crippen molar-refractivity contribution in [3.8, 4) is 11.8 Å². The summed E-state index contributed by atoms with van der Waals surface area (Å²) in [6, 6.07) is 0. The van der Waals surface area contributed by atoms with Crippen LogP contribution < -0.4 is 0 Å². The van der Waals surface area contributed by atoms with Crippen molar-refractivity contribution in [3.05, 3.63) is 12.8 Å². The number of rotatable bonds is 3. The van der Waals surface area contributed by atoms with E-state index in [0.717, 1.165) is 13.2 Å². The van der Waals surface area contributed by atoms with E-state index in [4.69, 9.17) is 5.11 Å². The number of aliphatic carboxylic acids is 1. The van der Waals surface area contributed by atoms with Crippen LogP contribution in [-0.4, -0.2) is 22.8 Å². The van der Waals surface area contributed by atoms with E-state index in [0.29, 0.717) is 0 Å². The van der Waals surface area contributed by atoms with Crippen LogP contribution in [0, 0.1) is 11.8 Å². The molecule has 1 unspecified atom stereocenters. The number of carboxylic acids is 1. The fourth-order valence-electron chi connectivity index (χ4n) is 0.620. The van der Waals surface area contributed by atoms with Gasteiger partial charge in [-0.05, 0) is 19.8 Å². The lowest BCUT2D eigenvalue weighted by Gasteiger charge is -2.17. The summed E-state index contributed by atoms with van der Waals surface area (Å²) < 4.78 is 8.68. The zero-order chi connectivity index (χ0) is 11.2. The Kier molecular flexibility index (Phi) is 4.23. The van der Waals surface area contributed by atoms with E-state index in [1.165, 1.54) is 6.92 Å². The lowest BCUT2D eigenvalue weighted by Crippen LogP contribution is -2.38. The number of carbonyl (C=O) groups is 2. The summed E-state index contributed by atoms with van der Waals surface area (Å²) >= 11 is 0. The Bertz CT molecular complexity index is 309. The first-order valence-electron chi connectivity index (χ1n) is 3.64. The molecule has 0 amide bonds. The Morgan fingerprint density at radius 1 is 1.57 bits per heavy atom. The fraction of sp³-hybridized carbons (Fsp3) is 0.333. The Balaban J connectivity index is 4.66. The minimum atomic E-state index is -1.89. The van der Waals surface area contributed by atoms with Crippen molar-refractivity contribution in [1.82, 2.24) is 0 Å². The number of ether oxygens (including phenoxy) is 2. The molecule has 0 aromatic rings. The highest BCUT2D eigenvalue weighted by Crippen LogP contribution is 2.10. The van der Waals surface area contributed by atoms with Crippen LogP contribution in [0.3, 0.4) is 0 Å². The van der Waals surface area contributed by atoms with Gasteiger partial charge in [0, 0.05) is 0 Å². The summed E-state index contributed by atoms with van der Waals surface area (Å²) in [6.07, 6.45) is -0.322. The summed E-state index contributed by atoms with van der Waals surface area (Å²) in [5, 5.41) is 8.72. The summed E-state index contributed by atoms with van der Waals surface area (Å²) in [6.45, 7) is 5.70. The van der Waals surface area contributed by atoms with Gasteiger partial charge in [-0.1, -0.05) is 6.58 Å². The third-order valence-corrected chi connectivity index (χ3v) is 1.24. The highest BCUT2D eigenvalue weighted by molar-refractivity contribution is 5.83. The summed E-state index contributed by atoms with van der Waals surface area (Å²) in [7, 11) is 0. The van der Waals surface area contributed by atoms with Crippen molar-refractivity contribution in [1.29, 1.82) is 0 Å². The van der Waals surface area contributed by atoms with E-state index >= 15 is 0 Å². The smallest absolute Gasteiger partial charge is 0.478 e. The molecule has 0 aromatic heterocycles. The van der Waals surface area contributed by atoms with Crippen LogP contribution in [-0.2, 0) is 14.3 Å². The third kappa shape index (κ3) is 3.19. The summed E-state index contributed by atoms with van der Waals surface area (Å²) in [5.41, 5.74) is -1.89. The predicted octanol–water partition coefficient (Wildman–Crippen LogP) is 1.15. The van der Waals surface area contributed by atoms with E-state index < -0.39 is 17.7 Å². The maximum Gasteiger partial charge on any atom is 0.515 e. The molecular weight excluding hydrogens is 188 g/mol. The molecule has 0 aromatic carbocycles. The van der Waals surface area contributed by atoms with Crippen LogP contribution in [0.1, 0.15) is 13.8 Å². The van der Waals surface area contributed by atoms with Crippen LogP contribution in [0.4, 0.5) is 4.79 Å². The van der Waals surface area contributed by atoms with Crippen molar-refractivity contribution < 1.29 is 24.2 Å². The van der Waals surface area contributed by atoms with Gasteiger partial charge in [-0.15, -0.1) is 5.92 Å². The van der Waals surface area contributed by atoms with Gasteiger partial charge < -0.3 is 14.6 Å². The van der Waals surface area contributed by atoms with E-state index in [1.54, 1.807) is 0 Å².